The molecule has 0 atom stereocenters. The van der Waals surface area contributed by atoms with E-state index >= 15 is 0 Å². The van der Waals surface area contributed by atoms with Gasteiger partial charge in [-0.25, -0.2) is 4.98 Å². The summed E-state index contributed by atoms with van der Waals surface area (Å²) < 4.78 is 0. The van der Waals surface area contributed by atoms with Crippen LogP contribution < -0.4 is 5.32 Å². The molecule has 0 aliphatic carbocycles. The van der Waals surface area contributed by atoms with Crippen LogP contribution in [-0.2, 0) is 0 Å². The number of hydrogen-bond donors (Lipinski definition) is 2. The third-order valence-electron chi connectivity index (χ3n) is 3.54. The minimum Gasteiger partial charge on any atom is -0.389 e. The number of nitrogens with zero attached hydrogens (tertiary/aromatic N) is 3. The van der Waals surface area contributed by atoms with Gasteiger partial charge in [-0.05, 0) is 26.0 Å². The van der Waals surface area contributed by atoms with E-state index in [0.717, 1.165) is 13.1 Å². The van der Waals surface area contributed by atoms with Gasteiger partial charge in [0.1, 0.15) is 5.82 Å². The van der Waals surface area contributed by atoms with E-state index in [0.29, 0.717) is 31.0 Å². The van der Waals surface area contributed by atoms with Gasteiger partial charge in [-0.3, -0.25) is 9.69 Å². The van der Waals surface area contributed by atoms with Crippen LogP contribution in [0.3, 0.4) is 0 Å². The number of nitrogens with one attached hydrogen (secondary N) is 1. The smallest absolute Gasteiger partial charge is 0.257 e. The number of pyridine rings is 1. The number of anilines is 1. The number of hydrogen-bond acceptors (Lipinski definition) is 5. The quantitative estimate of drug-likeness (QED) is 0.853. The highest BCUT2D eigenvalue weighted by Crippen LogP contribution is 2.16. The van der Waals surface area contributed by atoms with Gasteiger partial charge in [0.2, 0.25) is 0 Å². The molecule has 6 heteroatoms. The number of piperazine rings is 1. The summed E-state index contributed by atoms with van der Waals surface area (Å²) in [5.74, 6) is 0.622. The first kappa shape index (κ1) is 15.7. The lowest BCUT2D eigenvalue weighted by atomic mass is 10.1. The summed E-state index contributed by atoms with van der Waals surface area (Å²) in [6, 6.07) is 3.57. The number of rotatable bonds is 4. The number of carbonyl (C=O) groups is 1. The molecule has 2 rings (SSSR count). The van der Waals surface area contributed by atoms with Crippen molar-refractivity contribution in [2.24, 2.45) is 0 Å². The van der Waals surface area contributed by atoms with Gasteiger partial charge in [0.05, 0.1) is 11.2 Å². The Morgan fingerprint density at radius 1 is 1.38 bits per heavy atom. The first-order valence-electron chi connectivity index (χ1n) is 7.27. The van der Waals surface area contributed by atoms with Crippen LogP contribution in [0.1, 0.15) is 24.2 Å². The van der Waals surface area contributed by atoms with Crippen LogP contribution in [0.2, 0.25) is 0 Å². The summed E-state index contributed by atoms with van der Waals surface area (Å²) in [7, 11) is 1.76. The summed E-state index contributed by atoms with van der Waals surface area (Å²) in [5, 5.41) is 12.8. The molecule has 0 saturated carbocycles. The minimum atomic E-state index is -0.700. The Hall–Kier alpha value is -1.66. The van der Waals surface area contributed by atoms with Gasteiger partial charge < -0.3 is 15.3 Å². The Balaban J connectivity index is 1.97. The monoisotopic (exact) mass is 292 g/mol. The third-order valence-corrected chi connectivity index (χ3v) is 3.54. The molecule has 1 aliphatic rings. The van der Waals surface area contributed by atoms with E-state index in [9.17, 15) is 9.90 Å². The molecule has 0 aromatic carbocycles. The van der Waals surface area contributed by atoms with Gasteiger partial charge >= 0.3 is 0 Å². The van der Waals surface area contributed by atoms with E-state index in [4.69, 9.17) is 0 Å². The molecule has 2 heterocycles. The van der Waals surface area contributed by atoms with Crippen molar-refractivity contribution in [1.82, 2.24) is 14.8 Å². The van der Waals surface area contributed by atoms with E-state index < -0.39 is 5.60 Å². The first-order valence-corrected chi connectivity index (χ1v) is 7.27. The SMILES string of the molecule is CNc1ncccc1C(=O)N1CCN(CC(C)(C)O)CC1. The summed E-state index contributed by atoms with van der Waals surface area (Å²) in [6.07, 6.45) is 1.67. The fourth-order valence-electron chi connectivity index (χ4n) is 2.60. The van der Waals surface area contributed by atoms with E-state index in [1.807, 2.05) is 4.90 Å². The Kier molecular flexibility index (Phi) is 4.80. The fourth-order valence-corrected chi connectivity index (χ4v) is 2.60. The second-order valence-electron chi connectivity index (χ2n) is 6.03. The largest absolute Gasteiger partial charge is 0.389 e. The average Bonchev–Trinajstić information content (AvgIpc) is 2.45. The van der Waals surface area contributed by atoms with Crippen LogP contribution in [0.15, 0.2) is 18.3 Å². The van der Waals surface area contributed by atoms with Gasteiger partial charge in [0, 0.05) is 46.0 Å². The third kappa shape index (κ3) is 4.15. The second-order valence-corrected chi connectivity index (χ2v) is 6.03. The lowest BCUT2D eigenvalue weighted by Crippen LogP contribution is -2.52. The molecular formula is C15H24N4O2. The topological polar surface area (TPSA) is 68.7 Å². The normalized spacial score (nSPS) is 16.9. The number of β-amino-alcohol motifs (C(OH)–C–C–N with tert-alkyl or cyclic N) is 1. The number of aromatic nitrogens is 1. The van der Waals surface area contributed by atoms with Gasteiger partial charge in [0.15, 0.2) is 0 Å². The van der Waals surface area contributed by atoms with E-state index in [-0.39, 0.29) is 5.91 Å². The van der Waals surface area contributed by atoms with Gasteiger partial charge in [-0.2, -0.15) is 0 Å². The summed E-state index contributed by atoms with van der Waals surface area (Å²) >= 11 is 0. The molecule has 1 aromatic heterocycles. The van der Waals surface area contributed by atoms with Crippen molar-refractivity contribution in [2.45, 2.75) is 19.4 Å². The molecule has 0 spiro atoms. The van der Waals surface area contributed by atoms with Crippen LogP contribution in [0.25, 0.3) is 0 Å². The number of aliphatic hydroxyl groups is 1. The summed E-state index contributed by atoms with van der Waals surface area (Å²) in [6.45, 7) is 7.15. The minimum absolute atomic E-state index is 0.00959. The molecule has 0 radical (unpaired) electrons. The van der Waals surface area contributed by atoms with Gasteiger partial charge in [-0.15, -0.1) is 0 Å². The van der Waals surface area contributed by atoms with E-state index in [1.54, 1.807) is 39.2 Å². The Morgan fingerprint density at radius 2 is 2.05 bits per heavy atom. The molecule has 1 fully saturated rings. The molecule has 1 amide bonds. The molecule has 2 N–H and O–H groups in total. The van der Waals surface area contributed by atoms with Crippen LogP contribution in [-0.4, -0.2) is 71.2 Å². The summed E-state index contributed by atoms with van der Waals surface area (Å²) in [5.41, 5.74) is -0.0922. The van der Waals surface area contributed by atoms with Crippen molar-refractivity contribution >= 4 is 11.7 Å². The first-order chi connectivity index (χ1) is 9.90. The predicted molar refractivity (Wildman–Crippen MR) is 82.4 cm³/mol. The Labute approximate surface area is 125 Å². The highest BCUT2D eigenvalue weighted by atomic mass is 16.3. The molecule has 21 heavy (non-hydrogen) atoms. The molecule has 1 aromatic rings. The zero-order valence-corrected chi connectivity index (χ0v) is 13.0. The summed E-state index contributed by atoms with van der Waals surface area (Å²) in [4.78, 5) is 20.8. The second kappa shape index (κ2) is 6.41. The Bertz CT molecular complexity index is 491. The molecule has 116 valence electrons. The number of carbonyl (C=O) groups excluding carboxylic acids is 1. The average molecular weight is 292 g/mol. The van der Waals surface area contributed by atoms with Crippen molar-refractivity contribution < 1.29 is 9.90 Å². The van der Waals surface area contributed by atoms with Crippen molar-refractivity contribution in [3.05, 3.63) is 23.9 Å². The lowest BCUT2D eigenvalue weighted by Gasteiger charge is -2.37. The molecule has 0 unspecified atom stereocenters. The van der Waals surface area contributed by atoms with Crippen LogP contribution in [0.4, 0.5) is 5.82 Å². The van der Waals surface area contributed by atoms with Gasteiger partial charge in [0.25, 0.3) is 5.91 Å². The van der Waals surface area contributed by atoms with Crippen molar-refractivity contribution in [1.29, 1.82) is 0 Å². The maximum atomic E-state index is 12.5. The van der Waals surface area contributed by atoms with Crippen molar-refractivity contribution in [3.8, 4) is 0 Å². The lowest BCUT2D eigenvalue weighted by molar-refractivity contribution is 0.0179. The van der Waals surface area contributed by atoms with E-state index in [2.05, 4.69) is 15.2 Å². The van der Waals surface area contributed by atoms with Crippen molar-refractivity contribution in [3.63, 3.8) is 0 Å². The molecule has 1 saturated heterocycles. The fraction of sp³-hybridized carbons (Fsp3) is 0.600. The molecular weight excluding hydrogens is 268 g/mol. The Morgan fingerprint density at radius 3 is 2.62 bits per heavy atom. The van der Waals surface area contributed by atoms with E-state index in [1.165, 1.54) is 0 Å². The maximum absolute atomic E-state index is 12.5. The number of amides is 1. The maximum Gasteiger partial charge on any atom is 0.257 e. The standard InChI is InChI=1S/C15H24N4O2/c1-15(2,21)11-18-7-9-19(10-8-18)14(20)12-5-4-6-17-13(12)16-3/h4-6,21H,7-11H2,1-3H3,(H,16,17). The zero-order valence-electron chi connectivity index (χ0n) is 13.0. The molecule has 1 aliphatic heterocycles. The highest BCUT2D eigenvalue weighted by Gasteiger charge is 2.26. The van der Waals surface area contributed by atoms with Crippen LogP contribution >= 0.6 is 0 Å². The van der Waals surface area contributed by atoms with Crippen LogP contribution in [0.5, 0.6) is 0 Å². The molecule has 6 nitrogen and oxygen atoms in total. The zero-order chi connectivity index (χ0) is 15.5. The highest BCUT2D eigenvalue weighted by molar-refractivity contribution is 5.98. The van der Waals surface area contributed by atoms with Crippen LogP contribution in [0, 0.1) is 0 Å². The van der Waals surface area contributed by atoms with Crippen molar-refractivity contribution in [2.75, 3.05) is 45.1 Å². The van der Waals surface area contributed by atoms with Gasteiger partial charge in [-0.1, -0.05) is 0 Å². The predicted octanol–water partition coefficient (Wildman–Crippen LogP) is 0.652. The molecule has 0 bridgehead atoms.